The SMILES string of the molecule is CC(=O)N(c1cc(N=c2sc(=O)n3n2CCC3)c(F)cc1Cl)S(=O)(=O)CCl. The lowest BCUT2D eigenvalue weighted by Crippen LogP contribution is -2.36. The number of fused-ring (bicyclic) bond motifs is 1. The first-order valence-electron chi connectivity index (χ1n) is 7.60. The summed E-state index contributed by atoms with van der Waals surface area (Å²) >= 11 is 12.2. The highest BCUT2D eigenvalue weighted by atomic mass is 35.5. The Hall–Kier alpha value is -1.69. The normalized spacial score (nSPS) is 14.4. The lowest BCUT2D eigenvalue weighted by Gasteiger charge is -2.21. The first-order chi connectivity index (χ1) is 12.7. The molecular weight excluding hydrogens is 442 g/mol. The Morgan fingerprint density at radius 3 is 2.67 bits per heavy atom. The summed E-state index contributed by atoms with van der Waals surface area (Å²) in [4.78, 5) is 28.0. The summed E-state index contributed by atoms with van der Waals surface area (Å²) < 4.78 is 42.2. The van der Waals surface area contributed by atoms with Crippen LogP contribution in [0.2, 0.25) is 5.02 Å². The second-order valence-corrected chi connectivity index (χ2v) is 9.35. The van der Waals surface area contributed by atoms with Crippen molar-refractivity contribution in [2.45, 2.75) is 26.4 Å². The van der Waals surface area contributed by atoms with E-state index in [1.165, 1.54) is 4.68 Å². The fourth-order valence-electron chi connectivity index (χ4n) is 2.70. The summed E-state index contributed by atoms with van der Waals surface area (Å²) in [6.45, 7) is 2.12. The number of alkyl halides is 1. The smallest absolute Gasteiger partial charge is 0.274 e. The highest BCUT2D eigenvalue weighted by molar-refractivity contribution is 7.94. The van der Waals surface area contributed by atoms with Crippen molar-refractivity contribution in [3.63, 3.8) is 0 Å². The third kappa shape index (κ3) is 3.68. The molecule has 1 aliphatic heterocycles. The van der Waals surface area contributed by atoms with Gasteiger partial charge in [0, 0.05) is 20.0 Å². The molecule has 1 aromatic carbocycles. The Bertz CT molecular complexity index is 1150. The van der Waals surface area contributed by atoms with Crippen LogP contribution in [-0.4, -0.2) is 28.9 Å². The molecule has 0 saturated carbocycles. The first kappa shape index (κ1) is 20.1. The highest BCUT2D eigenvalue weighted by Crippen LogP contribution is 2.34. The maximum absolute atomic E-state index is 14.4. The van der Waals surface area contributed by atoms with Crippen LogP contribution >= 0.6 is 34.5 Å². The molecule has 13 heteroatoms. The lowest BCUT2D eigenvalue weighted by atomic mass is 10.2. The van der Waals surface area contributed by atoms with Crippen molar-refractivity contribution >= 4 is 61.8 Å². The molecule has 3 rings (SSSR count). The van der Waals surface area contributed by atoms with Gasteiger partial charge in [0.2, 0.25) is 10.7 Å². The first-order valence-corrected chi connectivity index (χ1v) is 10.9. The number of rotatable bonds is 4. The number of anilines is 1. The molecule has 0 saturated heterocycles. The van der Waals surface area contributed by atoms with E-state index >= 15 is 0 Å². The van der Waals surface area contributed by atoms with Gasteiger partial charge in [0.25, 0.3) is 10.0 Å². The van der Waals surface area contributed by atoms with E-state index in [9.17, 15) is 22.4 Å². The number of aromatic nitrogens is 2. The van der Waals surface area contributed by atoms with E-state index in [0.717, 1.165) is 36.8 Å². The van der Waals surface area contributed by atoms with E-state index in [0.29, 0.717) is 17.4 Å². The number of halogens is 3. The number of carbonyl (C=O) groups is 1. The van der Waals surface area contributed by atoms with Crippen molar-refractivity contribution in [2.75, 3.05) is 9.52 Å². The van der Waals surface area contributed by atoms with Crippen LogP contribution in [0.1, 0.15) is 13.3 Å². The number of hydrogen-bond donors (Lipinski definition) is 0. The summed E-state index contributed by atoms with van der Waals surface area (Å²) in [6.07, 6.45) is 0.756. The van der Waals surface area contributed by atoms with Gasteiger partial charge < -0.3 is 0 Å². The van der Waals surface area contributed by atoms with Gasteiger partial charge in [0.1, 0.15) is 10.9 Å². The van der Waals surface area contributed by atoms with Gasteiger partial charge in [0.05, 0.1) is 10.7 Å². The molecule has 8 nitrogen and oxygen atoms in total. The minimum absolute atomic E-state index is 0.226. The second kappa shape index (κ2) is 7.38. The molecule has 0 spiro atoms. The summed E-state index contributed by atoms with van der Waals surface area (Å²) in [7, 11) is -4.20. The van der Waals surface area contributed by atoms with Crippen LogP contribution in [0.15, 0.2) is 21.9 Å². The standard InChI is InChI=1S/C14H13Cl2FN4O4S2/c1-8(22)21(27(24,25)7-15)12-6-11(10(17)5-9(12)16)18-13-19-3-2-4-20(19)14(23)26-13/h5-6H,2-4,7H2,1H3. The fraction of sp³-hybridized carbons (Fsp3) is 0.357. The van der Waals surface area contributed by atoms with E-state index in [1.54, 1.807) is 4.68 Å². The van der Waals surface area contributed by atoms with E-state index in [1.807, 2.05) is 0 Å². The van der Waals surface area contributed by atoms with Crippen LogP contribution < -0.4 is 14.0 Å². The van der Waals surface area contributed by atoms with Crippen molar-refractivity contribution in [2.24, 2.45) is 4.99 Å². The third-order valence-corrected chi connectivity index (χ3v) is 7.08. The maximum Gasteiger partial charge on any atom is 0.325 e. The zero-order valence-electron chi connectivity index (χ0n) is 13.9. The van der Waals surface area contributed by atoms with Crippen LogP contribution in [0.4, 0.5) is 15.8 Å². The molecule has 0 bridgehead atoms. The average Bonchev–Trinajstić information content (AvgIpc) is 3.16. The topological polar surface area (TPSA) is 93.7 Å². The molecule has 1 amide bonds. The van der Waals surface area contributed by atoms with Gasteiger partial charge in [-0.3, -0.25) is 14.3 Å². The molecule has 2 aromatic rings. The zero-order chi connectivity index (χ0) is 19.9. The third-order valence-electron chi connectivity index (χ3n) is 3.79. The van der Waals surface area contributed by atoms with E-state index < -0.39 is 27.0 Å². The number of sulfonamides is 1. The Balaban J connectivity index is 2.22. The number of benzene rings is 1. The quantitative estimate of drug-likeness (QED) is 0.660. The molecule has 0 aliphatic carbocycles. The van der Waals surface area contributed by atoms with Gasteiger partial charge in [-0.1, -0.05) is 11.6 Å². The maximum atomic E-state index is 14.4. The number of hydrogen-bond acceptors (Lipinski definition) is 6. The van der Waals surface area contributed by atoms with Crippen LogP contribution in [-0.2, 0) is 27.9 Å². The van der Waals surface area contributed by atoms with Gasteiger partial charge in [-0.15, -0.1) is 11.6 Å². The van der Waals surface area contributed by atoms with Crippen molar-refractivity contribution in [1.29, 1.82) is 0 Å². The van der Waals surface area contributed by atoms with Gasteiger partial charge in [0.15, 0.2) is 5.82 Å². The van der Waals surface area contributed by atoms with Crippen molar-refractivity contribution < 1.29 is 17.6 Å². The van der Waals surface area contributed by atoms with Gasteiger partial charge in [-0.2, -0.15) is 0 Å². The number of carbonyl (C=O) groups excluding carboxylic acids is 1. The fourth-order valence-corrected chi connectivity index (χ4v) is 5.11. The molecule has 1 aromatic heterocycles. The van der Waals surface area contributed by atoms with Crippen LogP contribution in [0, 0.1) is 5.82 Å². The van der Waals surface area contributed by atoms with E-state index in [2.05, 4.69) is 4.99 Å². The Labute approximate surface area is 167 Å². The Kier molecular flexibility index (Phi) is 5.48. The molecule has 0 fully saturated rings. The van der Waals surface area contributed by atoms with Crippen molar-refractivity contribution in [1.82, 2.24) is 9.36 Å². The lowest BCUT2D eigenvalue weighted by molar-refractivity contribution is -0.115. The molecule has 27 heavy (non-hydrogen) atoms. The molecule has 0 radical (unpaired) electrons. The molecule has 0 unspecified atom stereocenters. The van der Waals surface area contributed by atoms with Crippen LogP contribution in [0.25, 0.3) is 0 Å². The number of nitrogens with zero attached hydrogens (tertiary/aromatic N) is 4. The Morgan fingerprint density at radius 2 is 2.04 bits per heavy atom. The minimum atomic E-state index is -4.20. The minimum Gasteiger partial charge on any atom is -0.274 e. The predicted octanol–water partition coefficient (Wildman–Crippen LogP) is 2.02. The largest absolute Gasteiger partial charge is 0.325 e. The van der Waals surface area contributed by atoms with Crippen molar-refractivity contribution in [3.05, 3.63) is 37.4 Å². The van der Waals surface area contributed by atoms with E-state index in [4.69, 9.17) is 23.2 Å². The summed E-state index contributed by atoms with van der Waals surface area (Å²) in [6, 6.07) is 1.90. The molecule has 0 atom stereocenters. The monoisotopic (exact) mass is 454 g/mol. The van der Waals surface area contributed by atoms with Gasteiger partial charge in [-0.05, 0) is 29.9 Å². The second-order valence-electron chi connectivity index (χ2n) is 5.62. The van der Waals surface area contributed by atoms with Crippen LogP contribution in [0.3, 0.4) is 0 Å². The highest BCUT2D eigenvalue weighted by Gasteiger charge is 2.29. The predicted molar refractivity (Wildman–Crippen MR) is 101 cm³/mol. The number of amides is 1. The molecular formula is C14H13Cl2FN4O4S2. The molecule has 2 heterocycles. The molecule has 146 valence electrons. The van der Waals surface area contributed by atoms with Gasteiger partial charge in [-0.25, -0.2) is 26.8 Å². The van der Waals surface area contributed by atoms with Gasteiger partial charge >= 0.3 is 4.87 Å². The zero-order valence-corrected chi connectivity index (χ0v) is 17.0. The van der Waals surface area contributed by atoms with Crippen LogP contribution in [0.5, 0.6) is 0 Å². The summed E-state index contributed by atoms with van der Waals surface area (Å²) in [5.74, 6) is -1.69. The van der Waals surface area contributed by atoms with Crippen molar-refractivity contribution in [3.8, 4) is 0 Å². The summed E-state index contributed by atoms with van der Waals surface area (Å²) in [5, 5.41) is -1.16. The van der Waals surface area contributed by atoms with E-state index in [-0.39, 0.29) is 26.1 Å². The Morgan fingerprint density at radius 1 is 1.37 bits per heavy atom. The molecule has 1 aliphatic rings. The summed E-state index contributed by atoms with van der Waals surface area (Å²) in [5.41, 5.74) is -0.521. The molecule has 0 N–H and O–H groups in total. The average molecular weight is 455 g/mol.